The number of ether oxygens (including phenoxy) is 1. The minimum Gasteiger partial charge on any atom is -0.464 e. The van der Waals surface area contributed by atoms with Crippen molar-refractivity contribution in [1.82, 2.24) is 15.1 Å². The van der Waals surface area contributed by atoms with Gasteiger partial charge in [-0.15, -0.1) is 0 Å². The van der Waals surface area contributed by atoms with Crippen LogP contribution in [0.15, 0.2) is 12.4 Å². The van der Waals surface area contributed by atoms with Crippen molar-refractivity contribution in [2.24, 2.45) is 0 Å². The van der Waals surface area contributed by atoms with Gasteiger partial charge in [-0.05, 0) is 26.3 Å². The quantitative estimate of drug-likeness (QED) is 0.824. The third-order valence-electron chi connectivity index (χ3n) is 3.24. The van der Waals surface area contributed by atoms with Gasteiger partial charge in [0.25, 0.3) is 0 Å². The second-order valence-electron chi connectivity index (χ2n) is 4.96. The Morgan fingerprint density at radius 3 is 2.95 bits per heavy atom. The van der Waals surface area contributed by atoms with E-state index < -0.39 is 6.04 Å². The van der Waals surface area contributed by atoms with E-state index in [-0.39, 0.29) is 23.8 Å². The third-order valence-corrected chi connectivity index (χ3v) is 3.24. The summed E-state index contributed by atoms with van der Waals surface area (Å²) in [5.41, 5.74) is 0.894. The predicted octanol–water partition coefficient (Wildman–Crippen LogP) is 0.999. The zero-order valence-corrected chi connectivity index (χ0v) is 11.4. The van der Waals surface area contributed by atoms with Crippen LogP contribution in [0.3, 0.4) is 0 Å². The van der Waals surface area contributed by atoms with Crippen molar-refractivity contribution in [2.45, 2.75) is 45.2 Å². The summed E-state index contributed by atoms with van der Waals surface area (Å²) in [4.78, 5) is 23.4. The van der Waals surface area contributed by atoms with E-state index >= 15 is 0 Å². The molecule has 1 N–H and O–H groups in total. The van der Waals surface area contributed by atoms with Crippen LogP contribution in [0.4, 0.5) is 0 Å². The molecule has 19 heavy (non-hydrogen) atoms. The van der Waals surface area contributed by atoms with E-state index in [2.05, 4.69) is 10.4 Å². The summed E-state index contributed by atoms with van der Waals surface area (Å²) in [7, 11) is 0. The molecule has 2 rings (SSSR count). The second kappa shape index (κ2) is 5.42. The Hall–Kier alpha value is -1.85. The first-order valence-electron chi connectivity index (χ1n) is 6.53. The molecule has 2 unspecified atom stereocenters. The smallest absolute Gasteiger partial charge is 0.329 e. The molecule has 6 heteroatoms. The van der Waals surface area contributed by atoms with Crippen LogP contribution in [-0.4, -0.2) is 34.3 Å². The Kier molecular flexibility index (Phi) is 3.87. The molecule has 2 heterocycles. The number of esters is 1. The number of hydrogen-bond acceptors (Lipinski definition) is 4. The number of carbonyl (C=O) groups excluding carboxylic acids is 2. The predicted molar refractivity (Wildman–Crippen MR) is 68.5 cm³/mol. The topological polar surface area (TPSA) is 73.2 Å². The zero-order chi connectivity index (χ0) is 14.0. The second-order valence-corrected chi connectivity index (χ2v) is 4.96. The first-order chi connectivity index (χ1) is 9.02. The summed E-state index contributed by atoms with van der Waals surface area (Å²) < 4.78 is 6.82. The Labute approximate surface area is 112 Å². The van der Waals surface area contributed by atoms with Gasteiger partial charge in [0.2, 0.25) is 5.91 Å². The van der Waals surface area contributed by atoms with E-state index in [1.807, 2.05) is 24.7 Å². The van der Waals surface area contributed by atoms with Crippen LogP contribution in [-0.2, 0) is 14.3 Å². The van der Waals surface area contributed by atoms with Crippen LogP contribution < -0.4 is 5.32 Å². The van der Waals surface area contributed by atoms with Crippen molar-refractivity contribution < 1.29 is 14.3 Å². The van der Waals surface area contributed by atoms with Crippen molar-refractivity contribution in [2.75, 3.05) is 6.61 Å². The lowest BCUT2D eigenvalue weighted by Crippen LogP contribution is -2.37. The van der Waals surface area contributed by atoms with Crippen molar-refractivity contribution >= 4 is 11.9 Å². The molecule has 1 aromatic heterocycles. The van der Waals surface area contributed by atoms with Crippen LogP contribution in [0.1, 0.15) is 44.7 Å². The Bertz CT molecular complexity index is 481. The molecule has 0 radical (unpaired) electrons. The van der Waals surface area contributed by atoms with Gasteiger partial charge in [-0.1, -0.05) is 0 Å². The van der Waals surface area contributed by atoms with Gasteiger partial charge < -0.3 is 10.1 Å². The molecule has 0 spiro atoms. The molecule has 0 saturated carbocycles. The number of carbonyl (C=O) groups is 2. The summed E-state index contributed by atoms with van der Waals surface area (Å²) in [5, 5.41) is 6.93. The van der Waals surface area contributed by atoms with Crippen LogP contribution in [0.2, 0.25) is 0 Å². The fraction of sp³-hybridized carbons (Fsp3) is 0.615. The molecule has 104 valence electrons. The van der Waals surface area contributed by atoms with Gasteiger partial charge in [-0.3, -0.25) is 9.48 Å². The van der Waals surface area contributed by atoms with Crippen molar-refractivity contribution in [3.05, 3.63) is 18.0 Å². The highest BCUT2D eigenvalue weighted by atomic mass is 16.5. The molecule has 6 nitrogen and oxygen atoms in total. The lowest BCUT2D eigenvalue weighted by Gasteiger charge is -2.15. The van der Waals surface area contributed by atoms with E-state index in [9.17, 15) is 9.59 Å². The first-order valence-corrected chi connectivity index (χ1v) is 6.53. The van der Waals surface area contributed by atoms with Gasteiger partial charge in [0.1, 0.15) is 6.04 Å². The Morgan fingerprint density at radius 1 is 1.63 bits per heavy atom. The van der Waals surface area contributed by atoms with E-state index in [1.54, 1.807) is 13.1 Å². The van der Waals surface area contributed by atoms with E-state index in [0.29, 0.717) is 13.0 Å². The van der Waals surface area contributed by atoms with Crippen LogP contribution in [0.5, 0.6) is 0 Å². The third kappa shape index (κ3) is 2.77. The van der Waals surface area contributed by atoms with E-state index in [1.165, 1.54) is 0 Å². The number of nitrogens with one attached hydrogen (secondary N) is 1. The van der Waals surface area contributed by atoms with Crippen molar-refractivity contribution in [1.29, 1.82) is 0 Å². The molecular weight excluding hydrogens is 246 g/mol. The molecule has 1 amide bonds. The maximum absolute atomic E-state index is 11.9. The van der Waals surface area contributed by atoms with E-state index in [0.717, 1.165) is 5.56 Å². The normalized spacial score (nSPS) is 22.6. The maximum atomic E-state index is 11.9. The average molecular weight is 265 g/mol. The van der Waals surface area contributed by atoms with Gasteiger partial charge in [0.05, 0.1) is 12.8 Å². The molecule has 1 aliphatic heterocycles. The minimum atomic E-state index is -0.600. The number of aromatic nitrogens is 2. The van der Waals surface area contributed by atoms with Gasteiger partial charge in [0.15, 0.2) is 0 Å². The highest BCUT2D eigenvalue weighted by molar-refractivity contribution is 5.90. The van der Waals surface area contributed by atoms with Gasteiger partial charge in [-0.25, -0.2) is 4.79 Å². The summed E-state index contributed by atoms with van der Waals surface area (Å²) in [6.07, 6.45) is 3.91. The number of nitrogens with zero attached hydrogens (tertiary/aromatic N) is 2. The van der Waals surface area contributed by atoms with Crippen LogP contribution in [0, 0.1) is 0 Å². The highest BCUT2D eigenvalue weighted by Gasteiger charge is 2.39. The van der Waals surface area contributed by atoms with E-state index in [4.69, 9.17) is 4.74 Å². The van der Waals surface area contributed by atoms with Gasteiger partial charge in [0, 0.05) is 24.6 Å². The summed E-state index contributed by atoms with van der Waals surface area (Å²) >= 11 is 0. The monoisotopic (exact) mass is 265 g/mol. The highest BCUT2D eigenvalue weighted by Crippen LogP contribution is 2.29. The van der Waals surface area contributed by atoms with Gasteiger partial charge in [-0.2, -0.15) is 5.10 Å². The van der Waals surface area contributed by atoms with Crippen molar-refractivity contribution in [3.8, 4) is 0 Å². The molecule has 1 aliphatic rings. The van der Waals surface area contributed by atoms with Gasteiger partial charge >= 0.3 is 5.97 Å². The molecule has 1 saturated heterocycles. The maximum Gasteiger partial charge on any atom is 0.329 e. The largest absolute Gasteiger partial charge is 0.464 e. The minimum absolute atomic E-state index is 0.125. The summed E-state index contributed by atoms with van der Waals surface area (Å²) in [6, 6.07) is -0.350. The molecule has 0 bridgehead atoms. The number of hydrogen-bond donors (Lipinski definition) is 1. The molecule has 2 atom stereocenters. The molecular formula is C13H19N3O3. The molecule has 0 aliphatic carbocycles. The summed E-state index contributed by atoms with van der Waals surface area (Å²) in [6.45, 7) is 6.11. The lowest BCUT2D eigenvalue weighted by atomic mass is 9.94. The van der Waals surface area contributed by atoms with Crippen LogP contribution in [0.25, 0.3) is 0 Å². The zero-order valence-electron chi connectivity index (χ0n) is 11.4. The van der Waals surface area contributed by atoms with Crippen molar-refractivity contribution in [3.63, 3.8) is 0 Å². The standard InChI is InChI=1S/C13H19N3O3/c1-4-19-13(18)12-10(5-11(17)15-12)9-6-14-16(7-9)8(2)3/h6-8,10,12H,4-5H2,1-3H3,(H,15,17). The Balaban J connectivity index is 2.20. The molecule has 1 fully saturated rings. The summed E-state index contributed by atoms with van der Waals surface area (Å²) in [5.74, 6) is -0.699. The fourth-order valence-corrected chi connectivity index (χ4v) is 2.24. The molecule has 1 aromatic rings. The first kappa shape index (κ1) is 13.6. The SMILES string of the molecule is CCOC(=O)C1NC(=O)CC1c1cnn(C(C)C)c1. The number of amides is 1. The number of rotatable bonds is 4. The Morgan fingerprint density at radius 2 is 2.37 bits per heavy atom. The lowest BCUT2D eigenvalue weighted by molar-refractivity contribution is -0.146. The molecule has 0 aromatic carbocycles. The van der Waals surface area contributed by atoms with Crippen LogP contribution >= 0.6 is 0 Å². The average Bonchev–Trinajstić information content (AvgIpc) is 2.95. The fourth-order valence-electron chi connectivity index (χ4n) is 2.24.